The van der Waals surface area contributed by atoms with Crippen LogP contribution in [0.2, 0.25) is 0 Å². The van der Waals surface area contributed by atoms with Gasteiger partial charge in [-0.15, -0.1) is 0 Å². The number of amides is 1. The molecule has 2 saturated carbocycles. The maximum atomic E-state index is 13.3. The van der Waals surface area contributed by atoms with Crippen LogP contribution in [0.4, 0.5) is 0 Å². The molecule has 4 rings (SSSR count). The largest absolute Gasteiger partial charge is 0.468 e. The minimum Gasteiger partial charge on any atom is -0.468 e. The van der Waals surface area contributed by atoms with Crippen LogP contribution in [0.5, 0.6) is 0 Å². The molecule has 1 aromatic heterocycles. The van der Waals surface area contributed by atoms with Crippen molar-refractivity contribution < 1.29 is 17.6 Å². The summed E-state index contributed by atoms with van der Waals surface area (Å²) in [5.74, 6) is 1.36. The highest BCUT2D eigenvalue weighted by Gasteiger charge is 2.39. The average Bonchev–Trinajstić information content (AvgIpc) is 3.46. The van der Waals surface area contributed by atoms with Crippen molar-refractivity contribution >= 4 is 15.9 Å². The summed E-state index contributed by atoms with van der Waals surface area (Å²) in [5, 5.41) is 0. The molecule has 0 saturated heterocycles. The van der Waals surface area contributed by atoms with Crippen molar-refractivity contribution in [2.75, 3.05) is 0 Å². The van der Waals surface area contributed by atoms with E-state index in [2.05, 4.69) is 16.5 Å². The first-order chi connectivity index (χ1) is 14.5. The van der Waals surface area contributed by atoms with Crippen molar-refractivity contribution in [2.24, 2.45) is 5.92 Å². The summed E-state index contributed by atoms with van der Waals surface area (Å²) in [5.41, 5.74) is 0.560. The smallest absolute Gasteiger partial charge is 0.254 e. The van der Waals surface area contributed by atoms with E-state index >= 15 is 0 Å². The highest BCUT2D eigenvalue weighted by molar-refractivity contribution is 7.89. The molecule has 2 aromatic rings. The fourth-order valence-corrected chi connectivity index (χ4v) is 5.40. The Labute approximate surface area is 178 Å². The summed E-state index contributed by atoms with van der Waals surface area (Å²) >= 11 is 0. The number of hydrogen-bond acceptors (Lipinski definition) is 4. The zero-order chi connectivity index (χ0) is 21.1. The van der Waals surface area contributed by atoms with E-state index < -0.39 is 10.0 Å². The average molecular weight is 431 g/mol. The zero-order valence-electron chi connectivity index (χ0n) is 17.4. The predicted molar refractivity (Wildman–Crippen MR) is 114 cm³/mol. The van der Waals surface area contributed by atoms with Crippen molar-refractivity contribution in [3.63, 3.8) is 0 Å². The second-order valence-corrected chi connectivity index (χ2v) is 10.2. The van der Waals surface area contributed by atoms with E-state index in [9.17, 15) is 13.2 Å². The summed E-state index contributed by atoms with van der Waals surface area (Å²) in [6, 6.07) is 10.4. The number of nitrogens with zero attached hydrogens (tertiary/aromatic N) is 1. The fourth-order valence-electron chi connectivity index (χ4n) is 4.40. The molecule has 7 heteroatoms. The molecule has 1 aromatic carbocycles. The molecule has 2 aliphatic rings. The Morgan fingerprint density at radius 3 is 2.20 bits per heavy atom. The standard InChI is InChI=1S/C23H30N2O4S/c1-2-17-5-9-19(10-6-17)25(20-11-12-20)23(26)18-7-13-22(14-8-18)30(27,28)24-16-21-4-3-15-29-21/h3-4,7-8,13-15,17,19-20,24H,2,5-6,9-12,16H2,1H3. The molecule has 1 heterocycles. The fraction of sp³-hybridized carbons (Fsp3) is 0.522. The van der Waals surface area contributed by atoms with Gasteiger partial charge < -0.3 is 9.32 Å². The van der Waals surface area contributed by atoms with E-state index in [4.69, 9.17) is 4.42 Å². The SMILES string of the molecule is CCC1CCC(N(C(=O)c2ccc(S(=O)(=O)NCc3ccco3)cc2)C2CC2)CC1. The lowest BCUT2D eigenvalue weighted by Gasteiger charge is -2.37. The molecule has 0 atom stereocenters. The minimum atomic E-state index is -3.67. The molecule has 0 bridgehead atoms. The van der Waals surface area contributed by atoms with Gasteiger partial charge in [0.05, 0.1) is 17.7 Å². The maximum Gasteiger partial charge on any atom is 0.254 e. The van der Waals surface area contributed by atoms with Gasteiger partial charge in [-0.05, 0) is 80.8 Å². The lowest BCUT2D eigenvalue weighted by atomic mass is 9.83. The normalized spacial score (nSPS) is 22.0. The van der Waals surface area contributed by atoms with E-state index in [-0.39, 0.29) is 17.3 Å². The second-order valence-electron chi connectivity index (χ2n) is 8.45. The molecular formula is C23H30N2O4S. The third kappa shape index (κ3) is 4.78. The van der Waals surface area contributed by atoms with Crippen LogP contribution in [0.25, 0.3) is 0 Å². The van der Waals surface area contributed by atoms with Crippen LogP contribution in [0, 0.1) is 5.92 Å². The Kier molecular flexibility index (Phi) is 6.29. The van der Waals surface area contributed by atoms with Gasteiger partial charge >= 0.3 is 0 Å². The molecule has 30 heavy (non-hydrogen) atoms. The van der Waals surface area contributed by atoms with Gasteiger partial charge in [-0.3, -0.25) is 4.79 Å². The molecule has 0 radical (unpaired) electrons. The lowest BCUT2D eigenvalue weighted by Crippen LogP contribution is -2.43. The van der Waals surface area contributed by atoms with E-state index in [1.165, 1.54) is 37.7 Å². The van der Waals surface area contributed by atoms with E-state index in [1.807, 2.05) is 0 Å². The highest BCUT2D eigenvalue weighted by atomic mass is 32.2. The van der Waals surface area contributed by atoms with Gasteiger partial charge in [0.2, 0.25) is 10.0 Å². The number of furan rings is 1. The van der Waals surface area contributed by atoms with Crippen molar-refractivity contribution in [3.8, 4) is 0 Å². The topological polar surface area (TPSA) is 79.6 Å². The van der Waals surface area contributed by atoms with Crippen molar-refractivity contribution in [3.05, 3.63) is 54.0 Å². The molecule has 0 spiro atoms. The van der Waals surface area contributed by atoms with Crippen LogP contribution in [0.3, 0.4) is 0 Å². The molecule has 0 aliphatic heterocycles. The van der Waals surface area contributed by atoms with Crippen LogP contribution in [0.15, 0.2) is 52.0 Å². The van der Waals surface area contributed by atoms with E-state index in [1.54, 1.807) is 24.3 Å². The monoisotopic (exact) mass is 430 g/mol. The number of sulfonamides is 1. The van der Waals surface area contributed by atoms with Gasteiger partial charge in [0.1, 0.15) is 5.76 Å². The molecule has 0 unspecified atom stereocenters. The summed E-state index contributed by atoms with van der Waals surface area (Å²) in [6.07, 6.45) is 9.39. The molecule has 6 nitrogen and oxygen atoms in total. The first-order valence-electron chi connectivity index (χ1n) is 10.9. The van der Waals surface area contributed by atoms with Crippen molar-refractivity contribution in [1.82, 2.24) is 9.62 Å². The number of benzene rings is 1. The minimum absolute atomic E-state index is 0.0324. The predicted octanol–water partition coefficient (Wildman–Crippen LogP) is 4.33. The van der Waals surface area contributed by atoms with Crippen LogP contribution in [-0.2, 0) is 16.6 Å². The van der Waals surface area contributed by atoms with Gasteiger partial charge in [-0.2, -0.15) is 0 Å². The number of nitrogens with one attached hydrogen (secondary N) is 1. The number of carbonyl (C=O) groups excluding carboxylic acids is 1. The summed E-state index contributed by atoms with van der Waals surface area (Å²) in [7, 11) is -3.67. The lowest BCUT2D eigenvalue weighted by molar-refractivity contribution is 0.0587. The summed E-state index contributed by atoms with van der Waals surface area (Å²) < 4.78 is 32.7. The molecule has 1 amide bonds. The first kappa shape index (κ1) is 21.1. The maximum absolute atomic E-state index is 13.3. The van der Waals surface area contributed by atoms with Gasteiger partial charge in [-0.1, -0.05) is 13.3 Å². The third-order valence-corrected chi connectivity index (χ3v) is 7.81. The van der Waals surface area contributed by atoms with E-state index in [0.717, 1.165) is 31.6 Å². The summed E-state index contributed by atoms with van der Waals surface area (Å²) in [6.45, 7) is 2.33. The Bertz CT molecular complexity index is 942. The van der Waals surface area contributed by atoms with Crippen LogP contribution < -0.4 is 4.72 Å². The van der Waals surface area contributed by atoms with Crippen LogP contribution in [0.1, 0.15) is 68.0 Å². The Morgan fingerprint density at radius 2 is 1.67 bits per heavy atom. The van der Waals surface area contributed by atoms with E-state index in [0.29, 0.717) is 23.4 Å². The highest BCUT2D eigenvalue weighted by Crippen LogP contribution is 2.37. The molecule has 1 N–H and O–H groups in total. The molecule has 2 fully saturated rings. The molecular weight excluding hydrogens is 400 g/mol. The van der Waals surface area contributed by atoms with Gasteiger partial charge in [0.15, 0.2) is 0 Å². The Balaban J connectivity index is 1.43. The van der Waals surface area contributed by atoms with Crippen LogP contribution >= 0.6 is 0 Å². The second kappa shape index (κ2) is 8.94. The quantitative estimate of drug-likeness (QED) is 0.676. The number of hydrogen-bond donors (Lipinski definition) is 1. The van der Waals surface area contributed by atoms with Gasteiger partial charge in [-0.25, -0.2) is 13.1 Å². The molecule has 2 aliphatic carbocycles. The number of carbonyl (C=O) groups is 1. The zero-order valence-corrected chi connectivity index (χ0v) is 18.2. The molecule has 162 valence electrons. The number of rotatable bonds is 8. The van der Waals surface area contributed by atoms with Crippen molar-refractivity contribution in [2.45, 2.75) is 75.4 Å². The van der Waals surface area contributed by atoms with Gasteiger partial charge in [0, 0.05) is 17.6 Å². The first-order valence-corrected chi connectivity index (χ1v) is 12.4. The summed E-state index contributed by atoms with van der Waals surface area (Å²) in [4.78, 5) is 15.5. The Morgan fingerprint density at radius 1 is 1.03 bits per heavy atom. The third-order valence-electron chi connectivity index (χ3n) is 6.39. The Hall–Kier alpha value is -2.12. The van der Waals surface area contributed by atoms with Crippen LogP contribution in [-0.4, -0.2) is 31.3 Å². The van der Waals surface area contributed by atoms with Crippen molar-refractivity contribution in [1.29, 1.82) is 0 Å². The van der Waals surface area contributed by atoms with Gasteiger partial charge in [0.25, 0.3) is 5.91 Å².